The highest BCUT2D eigenvalue weighted by atomic mass is 16.5. The molecular weight excluding hydrogens is 729 g/mol. The second-order valence-electron chi connectivity index (χ2n) is 16.4. The molecule has 6 rings (SSSR count). The van der Waals surface area contributed by atoms with Crippen molar-refractivity contribution in [2.45, 2.75) is 128 Å². The molecule has 0 unspecified atom stereocenters. The van der Waals surface area contributed by atoms with Crippen LogP contribution in [0.3, 0.4) is 0 Å². The molecule has 0 spiro atoms. The summed E-state index contributed by atoms with van der Waals surface area (Å²) in [7, 11) is 0. The average molecular weight is 785 g/mol. The smallest absolute Gasteiger partial charge is 0.329 e. The normalized spacial score (nSPS) is 27.8. The first-order valence-corrected chi connectivity index (χ1v) is 20.3. The molecule has 0 aromatic heterocycles. The lowest BCUT2D eigenvalue weighted by Crippen LogP contribution is -2.63. The molecule has 306 valence electrons. The minimum atomic E-state index is -1.45. The fourth-order valence-corrected chi connectivity index (χ4v) is 8.76. The third kappa shape index (κ3) is 9.65. The quantitative estimate of drug-likeness (QED) is 0.358. The molecule has 2 aromatic rings. The Labute approximate surface area is 334 Å². The number of benzene rings is 2. The Morgan fingerprint density at radius 3 is 2.16 bits per heavy atom. The van der Waals surface area contributed by atoms with E-state index >= 15 is 0 Å². The van der Waals surface area contributed by atoms with E-state index in [9.17, 15) is 33.6 Å². The molecule has 4 aliphatic rings. The zero-order chi connectivity index (χ0) is 41.0. The first kappa shape index (κ1) is 41.4. The highest BCUT2D eigenvalue weighted by Crippen LogP contribution is 2.29. The molecule has 4 saturated heterocycles. The van der Waals surface area contributed by atoms with Crippen LogP contribution in [0.1, 0.15) is 81.5 Å². The highest BCUT2D eigenvalue weighted by molar-refractivity contribution is 5.98. The van der Waals surface area contributed by atoms with E-state index in [0.717, 1.165) is 22.3 Å². The minimum absolute atomic E-state index is 0.0242. The van der Waals surface area contributed by atoms with Gasteiger partial charge in [0.15, 0.2) is 0 Å². The van der Waals surface area contributed by atoms with Crippen LogP contribution in [-0.2, 0) is 51.1 Å². The van der Waals surface area contributed by atoms with E-state index in [1.807, 2.05) is 69.3 Å². The van der Waals surface area contributed by atoms with Crippen LogP contribution in [0.25, 0.3) is 0 Å². The summed E-state index contributed by atoms with van der Waals surface area (Å²) in [5, 5.41) is 8.53. The third-order valence-corrected chi connectivity index (χ3v) is 11.7. The molecule has 4 heterocycles. The zero-order valence-electron chi connectivity index (χ0n) is 33.6. The standard InChI is InChI=1S/C43H56N6O8/c1-25-11-8-13-30(19-25)22-32(45-36(50)23-31-14-9-12-26(2)20-31)38(51)46-37-29(5)57-43(56)35-21-27(3)24-49(35)40(53)28(4)44-39(52)33-15-6-7-17-47(33)41(54)34-16-10-18-48(34)42(37)55/h8-9,11-14,19-20,27-29,32-35,37H,6-7,10,15-18,21-24H2,1-5H3,(H,44,52)(H,45,50)(H,46,51)/t27-,28+,29+,32+,33+,34+,35+,37+/m1/s1. The van der Waals surface area contributed by atoms with Crippen molar-refractivity contribution >= 4 is 41.4 Å². The third-order valence-electron chi connectivity index (χ3n) is 11.7. The van der Waals surface area contributed by atoms with Gasteiger partial charge in [-0.1, -0.05) is 66.6 Å². The number of piperidine rings is 1. The Balaban J connectivity index is 1.33. The number of esters is 1. The van der Waals surface area contributed by atoms with Crippen molar-refractivity contribution < 1.29 is 38.3 Å². The SMILES string of the molecule is Cc1cccc(CC(=O)N[C@@H](Cc2cccc(C)c2)C(=O)N[C@@H]2C(=O)N3CCC[C@H]3C(=O)N3CCCC[C@H]3C(=O)N[C@@H](C)C(=O)N3C[C@H](C)C[C@H]3C(=O)O[C@H]2C)c1. The molecule has 3 N–H and O–H groups in total. The van der Waals surface area contributed by atoms with E-state index in [-0.39, 0.29) is 37.8 Å². The molecule has 4 fully saturated rings. The van der Waals surface area contributed by atoms with E-state index < -0.39 is 77.9 Å². The lowest BCUT2D eigenvalue weighted by atomic mass is 9.99. The Hall–Kier alpha value is -5.27. The van der Waals surface area contributed by atoms with Crippen molar-refractivity contribution in [1.82, 2.24) is 30.7 Å². The number of cyclic esters (lactones) is 1. The van der Waals surface area contributed by atoms with Crippen molar-refractivity contribution in [3.63, 3.8) is 0 Å². The lowest BCUT2D eigenvalue weighted by Gasteiger charge is -2.39. The topological polar surface area (TPSA) is 175 Å². The maximum atomic E-state index is 14.8. The second kappa shape index (κ2) is 17.9. The number of amides is 6. The van der Waals surface area contributed by atoms with E-state index in [2.05, 4.69) is 16.0 Å². The van der Waals surface area contributed by atoms with Gasteiger partial charge in [-0.15, -0.1) is 0 Å². The summed E-state index contributed by atoms with van der Waals surface area (Å²) in [6, 6.07) is 8.83. The Morgan fingerprint density at radius 2 is 1.44 bits per heavy atom. The molecule has 0 radical (unpaired) electrons. The largest absolute Gasteiger partial charge is 0.458 e. The molecule has 4 aliphatic heterocycles. The van der Waals surface area contributed by atoms with Gasteiger partial charge in [-0.3, -0.25) is 28.8 Å². The predicted octanol–water partition coefficient (Wildman–Crippen LogP) is 2.12. The van der Waals surface area contributed by atoms with Gasteiger partial charge in [0.2, 0.25) is 35.4 Å². The summed E-state index contributed by atoms with van der Waals surface area (Å²) in [5.41, 5.74) is 3.52. The number of rotatable bonds is 7. The van der Waals surface area contributed by atoms with Crippen LogP contribution < -0.4 is 16.0 Å². The first-order chi connectivity index (χ1) is 27.2. The van der Waals surface area contributed by atoms with Gasteiger partial charge in [0.1, 0.15) is 42.4 Å². The summed E-state index contributed by atoms with van der Waals surface area (Å²) in [6.45, 7) is 9.65. The number of nitrogens with one attached hydrogen (secondary N) is 3. The molecule has 0 saturated carbocycles. The van der Waals surface area contributed by atoms with E-state index in [4.69, 9.17) is 4.74 Å². The van der Waals surface area contributed by atoms with Crippen LogP contribution in [0, 0.1) is 19.8 Å². The average Bonchev–Trinajstić information content (AvgIpc) is 3.82. The number of hydrogen-bond donors (Lipinski definition) is 3. The summed E-state index contributed by atoms with van der Waals surface area (Å²) in [5.74, 6) is -3.76. The van der Waals surface area contributed by atoms with E-state index in [1.165, 1.54) is 21.6 Å². The molecule has 57 heavy (non-hydrogen) atoms. The van der Waals surface area contributed by atoms with Crippen LogP contribution in [0.4, 0.5) is 0 Å². The highest BCUT2D eigenvalue weighted by Gasteiger charge is 2.47. The number of aryl methyl sites for hydroxylation is 2. The van der Waals surface area contributed by atoms with Gasteiger partial charge in [0, 0.05) is 26.1 Å². The van der Waals surface area contributed by atoms with Crippen molar-refractivity contribution in [3.05, 3.63) is 70.8 Å². The van der Waals surface area contributed by atoms with E-state index in [1.54, 1.807) is 6.92 Å². The van der Waals surface area contributed by atoms with Gasteiger partial charge < -0.3 is 35.4 Å². The van der Waals surface area contributed by atoms with Gasteiger partial charge in [0.05, 0.1) is 6.42 Å². The molecule has 6 amide bonds. The minimum Gasteiger partial charge on any atom is -0.458 e. The van der Waals surface area contributed by atoms with Crippen molar-refractivity contribution in [2.24, 2.45) is 5.92 Å². The number of hydrogen-bond acceptors (Lipinski definition) is 8. The Kier molecular flexibility index (Phi) is 13.0. The predicted molar refractivity (Wildman–Crippen MR) is 210 cm³/mol. The summed E-state index contributed by atoms with van der Waals surface area (Å²) < 4.78 is 5.98. The van der Waals surface area contributed by atoms with Gasteiger partial charge in [-0.05, 0) is 83.3 Å². The fraction of sp³-hybridized carbons (Fsp3) is 0.558. The number of fused-ring (bicyclic) bond motifs is 3. The van der Waals surface area contributed by atoms with Crippen LogP contribution in [0.2, 0.25) is 0 Å². The van der Waals surface area contributed by atoms with Crippen LogP contribution in [-0.4, -0.2) is 118 Å². The zero-order valence-corrected chi connectivity index (χ0v) is 33.6. The lowest BCUT2D eigenvalue weighted by molar-refractivity contribution is -0.163. The Bertz CT molecular complexity index is 1880. The number of nitrogens with zero attached hydrogens (tertiary/aromatic N) is 3. The summed E-state index contributed by atoms with van der Waals surface area (Å²) in [4.78, 5) is 103. The van der Waals surface area contributed by atoms with Crippen molar-refractivity contribution in [2.75, 3.05) is 19.6 Å². The molecule has 14 nitrogen and oxygen atoms in total. The monoisotopic (exact) mass is 784 g/mol. The number of carbonyl (C=O) groups excluding carboxylic acids is 7. The molecule has 0 aliphatic carbocycles. The molecular formula is C43H56N6O8. The van der Waals surface area contributed by atoms with Crippen LogP contribution in [0.5, 0.6) is 0 Å². The summed E-state index contributed by atoms with van der Waals surface area (Å²) in [6.07, 6.45) is 1.88. The van der Waals surface area contributed by atoms with Gasteiger partial charge in [-0.25, -0.2) is 4.79 Å². The fourth-order valence-electron chi connectivity index (χ4n) is 8.76. The van der Waals surface area contributed by atoms with Gasteiger partial charge in [-0.2, -0.15) is 0 Å². The van der Waals surface area contributed by atoms with Crippen molar-refractivity contribution in [1.29, 1.82) is 0 Å². The second-order valence-corrected chi connectivity index (χ2v) is 16.4. The van der Waals surface area contributed by atoms with Gasteiger partial charge in [0.25, 0.3) is 0 Å². The molecule has 0 bridgehead atoms. The first-order valence-electron chi connectivity index (χ1n) is 20.3. The van der Waals surface area contributed by atoms with E-state index in [0.29, 0.717) is 45.1 Å². The number of ether oxygens (including phenoxy) is 1. The maximum absolute atomic E-state index is 14.8. The van der Waals surface area contributed by atoms with Gasteiger partial charge >= 0.3 is 5.97 Å². The van der Waals surface area contributed by atoms with Crippen LogP contribution in [0.15, 0.2) is 48.5 Å². The number of carbonyl (C=O) groups is 7. The maximum Gasteiger partial charge on any atom is 0.329 e. The molecule has 2 aromatic carbocycles. The summed E-state index contributed by atoms with van der Waals surface area (Å²) >= 11 is 0. The van der Waals surface area contributed by atoms with Crippen LogP contribution >= 0.6 is 0 Å². The van der Waals surface area contributed by atoms with Crippen molar-refractivity contribution in [3.8, 4) is 0 Å². The molecule has 8 atom stereocenters. The molecule has 14 heteroatoms. The Morgan fingerprint density at radius 1 is 0.789 bits per heavy atom.